The van der Waals surface area contributed by atoms with Crippen LogP contribution in [0.4, 0.5) is 0 Å². The number of rotatable bonds is 2. The van der Waals surface area contributed by atoms with Gasteiger partial charge in [-0.15, -0.1) is 0 Å². The van der Waals surface area contributed by atoms with Crippen molar-refractivity contribution in [2.75, 3.05) is 6.61 Å². The number of ether oxygens (including phenoxy) is 1. The van der Waals surface area contributed by atoms with E-state index in [1.54, 1.807) is 6.07 Å². The van der Waals surface area contributed by atoms with Crippen LogP contribution in [-0.2, 0) is 0 Å². The standard InChI is InChI=1S/C10H9ClN2O2/c1-2-15-8-5-7(14)6-3-4-12-10(11)9(6)13-8/h3-5H,2H2,1H3,(H,13,14). The highest BCUT2D eigenvalue weighted by Crippen LogP contribution is 2.18. The predicted octanol–water partition coefficient (Wildman–Crippen LogP) is 1.98. The second-order valence-electron chi connectivity index (χ2n) is 2.96. The molecular weight excluding hydrogens is 216 g/mol. The molecule has 0 aromatic carbocycles. The first kappa shape index (κ1) is 9.98. The number of hydrogen-bond donors (Lipinski definition) is 1. The SMILES string of the molecule is CCOc1cc(=O)c2ccnc(Cl)c2[nH]1. The summed E-state index contributed by atoms with van der Waals surface area (Å²) in [5.74, 6) is 0.407. The number of H-pyrrole nitrogens is 1. The molecule has 0 fully saturated rings. The topological polar surface area (TPSA) is 55.0 Å². The molecule has 2 aromatic rings. The van der Waals surface area contributed by atoms with Crippen LogP contribution in [0.5, 0.6) is 5.88 Å². The molecule has 0 atom stereocenters. The Hall–Kier alpha value is -1.55. The monoisotopic (exact) mass is 224 g/mol. The third-order valence-electron chi connectivity index (χ3n) is 1.98. The Kier molecular flexibility index (Phi) is 2.60. The molecule has 1 N–H and O–H groups in total. The Bertz CT molecular complexity index is 551. The zero-order valence-electron chi connectivity index (χ0n) is 8.08. The predicted molar refractivity (Wildman–Crippen MR) is 58.5 cm³/mol. The lowest BCUT2D eigenvalue weighted by Gasteiger charge is -2.04. The van der Waals surface area contributed by atoms with E-state index in [-0.39, 0.29) is 10.6 Å². The fourth-order valence-electron chi connectivity index (χ4n) is 1.35. The molecule has 0 saturated heterocycles. The summed E-state index contributed by atoms with van der Waals surface area (Å²) < 4.78 is 5.21. The highest BCUT2D eigenvalue weighted by Gasteiger charge is 2.05. The quantitative estimate of drug-likeness (QED) is 0.794. The fourth-order valence-corrected chi connectivity index (χ4v) is 1.56. The number of halogens is 1. The minimum atomic E-state index is -0.128. The zero-order chi connectivity index (χ0) is 10.8. The van der Waals surface area contributed by atoms with E-state index in [9.17, 15) is 4.79 Å². The average Bonchev–Trinajstić information content (AvgIpc) is 2.20. The van der Waals surface area contributed by atoms with Crippen molar-refractivity contribution in [2.45, 2.75) is 6.92 Å². The van der Waals surface area contributed by atoms with E-state index in [1.165, 1.54) is 12.3 Å². The molecule has 0 aliphatic carbocycles. The third-order valence-corrected chi connectivity index (χ3v) is 2.27. The molecule has 0 spiro atoms. The van der Waals surface area contributed by atoms with Gasteiger partial charge in [0.1, 0.15) is 0 Å². The average molecular weight is 225 g/mol. The van der Waals surface area contributed by atoms with E-state index in [0.717, 1.165) is 0 Å². The van der Waals surface area contributed by atoms with Gasteiger partial charge >= 0.3 is 0 Å². The molecule has 2 heterocycles. The molecule has 0 amide bonds. The summed E-state index contributed by atoms with van der Waals surface area (Å²) in [5, 5.41) is 0.782. The highest BCUT2D eigenvalue weighted by molar-refractivity contribution is 6.33. The first-order valence-corrected chi connectivity index (χ1v) is 4.90. The Balaban J connectivity index is 2.74. The second kappa shape index (κ2) is 3.90. The number of pyridine rings is 2. The van der Waals surface area contributed by atoms with Crippen LogP contribution in [-0.4, -0.2) is 16.6 Å². The molecule has 78 valence electrons. The summed E-state index contributed by atoms with van der Waals surface area (Å²) in [5.41, 5.74) is 0.381. The van der Waals surface area contributed by atoms with E-state index >= 15 is 0 Å². The van der Waals surface area contributed by atoms with Crippen LogP contribution in [0.15, 0.2) is 23.1 Å². The molecule has 0 radical (unpaired) electrons. The van der Waals surface area contributed by atoms with E-state index in [4.69, 9.17) is 16.3 Å². The van der Waals surface area contributed by atoms with Gasteiger partial charge in [0.2, 0.25) is 0 Å². The smallest absolute Gasteiger partial charge is 0.195 e. The van der Waals surface area contributed by atoms with Gasteiger partial charge in [0, 0.05) is 12.3 Å². The molecule has 2 rings (SSSR count). The van der Waals surface area contributed by atoms with Gasteiger partial charge in [0.25, 0.3) is 0 Å². The van der Waals surface area contributed by atoms with Crippen LogP contribution in [0.3, 0.4) is 0 Å². The van der Waals surface area contributed by atoms with Crippen molar-refractivity contribution in [1.82, 2.24) is 9.97 Å². The summed E-state index contributed by atoms with van der Waals surface area (Å²) in [6.07, 6.45) is 1.50. The van der Waals surface area contributed by atoms with E-state index in [2.05, 4.69) is 9.97 Å². The normalized spacial score (nSPS) is 10.5. The molecule has 0 unspecified atom stereocenters. The molecule has 4 nitrogen and oxygen atoms in total. The van der Waals surface area contributed by atoms with E-state index < -0.39 is 0 Å². The Labute approximate surface area is 90.9 Å². The van der Waals surface area contributed by atoms with Crippen molar-refractivity contribution in [3.05, 3.63) is 33.7 Å². The lowest BCUT2D eigenvalue weighted by molar-refractivity contribution is 0.328. The molecule has 0 saturated carbocycles. The van der Waals surface area contributed by atoms with Gasteiger partial charge in [-0.3, -0.25) is 4.79 Å². The molecule has 0 bridgehead atoms. The van der Waals surface area contributed by atoms with Crippen molar-refractivity contribution in [3.63, 3.8) is 0 Å². The van der Waals surface area contributed by atoms with Gasteiger partial charge < -0.3 is 9.72 Å². The van der Waals surface area contributed by atoms with Crippen molar-refractivity contribution < 1.29 is 4.74 Å². The Morgan fingerprint density at radius 1 is 1.60 bits per heavy atom. The molecule has 15 heavy (non-hydrogen) atoms. The fraction of sp³-hybridized carbons (Fsp3) is 0.200. The molecule has 2 aromatic heterocycles. The van der Waals surface area contributed by atoms with Gasteiger partial charge in [-0.1, -0.05) is 11.6 Å². The minimum Gasteiger partial charge on any atom is -0.479 e. The number of aromatic nitrogens is 2. The van der Waals surface area contributed by atoms with Crippen LogP contribution in [0.1, 0.15) is 6.92 Å². The van der Waals surface area contributed by atoms with Crippen LogP contribution >= 0.6 is 11.6 Å². The molecule has 5 heteroatoms. The van der Waals surface area contributed by atoms with Gasteiger partial charge in [0.15, 0.2) is 16.5 Å². The summed E-state index contributed by atoms with van der Waals surface area (Å²) in [7, 11) is 0. The number of aromatic amines is 1. The zero-order valence-corrected chi connectivity index (χ0v) is 8.84. The number of hydrogen-bond acceptors (Lipinski definition) is 3. The van der Waals surface area contributed by atoms with Crippen molar-refractivity contribution >= 4 is 22.5 Å². The van der Waals surface area contributed by atoms with Crippen LogP contribution in [0.2, 0.25) is 5.15 Å². The largest absolute Gasteiger partial charge is 0.479 e. The Morgan fingerprint density at radius 2 is 2.40 bits per heavy atom. The maximum atomic E-state index is 11.6. The first-order chi connectivity index (χ1) is 7.22. The highest BCUT2D eigenvalue weighted by atomic mass is 35.5. The minimum absolute atomic E-state index is 0.128. The number of nitrogens with one attached hydrogen (secondary N) is 1. The van der Waals surface area contributed by atoms with Crippen molar-refractivity contribution in [2.24, 2.45) is 0 Å². The van der Waals surface area contributed by atoms with Gasteiger partial charge in [0.05, 0.1) is 17.5 Å². The first-order valence-electron chi connectivity index (χ1n) is 4.52. The van der Waals surface area contributed by atoms with Crippen LogP contribution in [0, 0.1) is 0 Å². The van der Waals surface area contributed by atoms with Gasteiger partial charge in [-0.05, 0) is 13.0 Å². The van der Waals surface area contributed by atoms with E-state index in [0.29, 0.717) is 23.4 Å². The van der Waals surface area contributed by atoms with Gasteiger partial charge in [-0.2, -0.15) is 0 Å². The summed E-state index contributed by atoms with van der Waals surface area (Å²) >= 11 is 5.86. The van der Waals surface area contributed by atoms with E-state index in [1.807, 2.05) is 6.92 Å². The van der Waals surface area contributed by atoms with Crippen LogP contribution < -0.4 is 10.2 Å². The second-order valence-corrected chi connectivity index (χ2v) is 3.31. The number of fused-ring (bicyclic) bond motifs is 1. The lowest BCUT2D eigenvalue weighted by Crippen LogP contribution is -2.05. The molecule has 0 aliphatic heterocycles. The molecule has 0 aliphatic rings. The summed E-state index contributed by atoms with van der Waals surface area (Å²) in [6, 6.07) is 3.03. The maximum Gasteiger partial charge on any atom is 0.195 e. The van der Waals surface area contributed by atoms with Crippen LogP contribution in [0.25, 0.3) is 10.9 Å². The summed E-state index contributed by atoms with van der Waals surface area (Å²) in [4.78, 5) is 18.4. The maximum absolute atomic E-state index is 11.6. The Morgan fingerprint density at radius 3 is 3.13 bits per heavy atom. The van der Waals surface area contributed by atoms with Crippen molar-refractivity contribution in [3.8, 4) is 5.88 Å². The van der Waals surface area contributed by atoms with Gasteiger partial charge in [-0.25, -0.2) is 4.98 Å². The van der Waals surface area contributed by atoms with Crippen molar-refractivity contribution in [1.29, 1.82) is 0 Å². The lowest BCUT2D eigenvalue weighted by atomic mass is 10.2. The summed E-state index contributed by atoms with van der Waals surface area (Å²) in [6.45, 7) is 2.33. The third kappa shape index (κ3) is 1.80. The molecular formula is C10H9ClN2O2. The number of nitrogens with zero attached hydrogens (tertiary/aromatic N) is 1.